The molecule has 0 heterocycles. The van der Waals surface area contributed by atoms with E-state index in [0.29, 0.717) is 21.3 Å². The molecular weight excluding hydrogens is 417 g/mol. The number of primary amides is 1. The Hall–Kier alpha value is -2.55. The molecule has 0 aromatic heterocycles. The number of nitrogens with zero attached hydrogens (tertiary/aromatic N) is 1. The second-order valence-corrected chi connectivity index (χ2v) is 6.19. The molecule has 138 valence electrons. The zero-order valence-corrected chi connectivity index (χ0v) is 14.8. The molecule has 1 amide bonds. The Labute approximate surface area is 155 Å². The van der Waals surface area contributed by atoms with Gasteiger partial charge in [0.25, 0.3) is 5.91 Å². The highest BCUT2D eigenvalue weighted by Crippen LogP contribution is 2.30. The van der Waals surface area contributed by atoms with Crippen LogP contribution in [0.25, 0.3) is 0 Å². The van der Waals surface area contributed by atoms with Gasteiger partial charge in [-0.3, -0.25) is 4.79 Å². The number of hydrogen-bond donors (Lipinski definition) is 2. The minimum Gasteiger partial charge on any atom is -0.488 e. The summed E-state index contributed by atoms with van der Waals surface area (Å²) in [6.45, 7) is 0.0840. The molecule has 0 bridgehead atoms. The number of carbonyl (C=O) groups excluding carboxylic acids is 1. The molecule has 0 radical (unpaired) electrons. The second kappa shape index (κ2) is 8.22. The summed E-state index contributed by atoms with van der Waals surface area (Å²) in [7, 11) is 0. The molecule has 0 aliphatic carbocycles. The molecule has 0 spiro atoms. The van der Waals surface area contributed by atoms with Gasteiger partial charge in [0.2, 0.25) is 0 Å². The van der Waals surface area contributed by atoms with E-state index >= 15 is 0 Å². The van der Waals surface area contributed by atoms with Crippen molar-refractivity contribution in [1.82, 2.24) is 0 Å². The predicted octanol–water partition coefficient (Wildman–Crippen LogP) is 3.90. The van der Waals surface area contributed by atoms with Gasteiger partial charge >= 0.3 is 6.18 Å². The van der Waals surface area contributed by atoms with Crippen molar-refractivity contribution in [3.63, 3.8) is 0 Å². The summed E-state index contributed by atoms with van der Waals surface area (Å²) in [5, 5.41) is 11.6. The number of halogens is 4. The maximum Gasteiger partial charge on any atom is 0.416 e. The third-order valence-corrected chi connectivity index (χ3v) is 4.07. The van der Waals surface area contributed by atoms with Crippen LogP contribution in [0.1, 0.15) is 16.7 Å². The zero-order valence-electron chi connectivity index (χ0n) is 13.3. The minimum atomic E-state index is -4.38. The van der Waals surface area contributed by atoms with Crippen LogP contribution in [0.2, 0.25) is 0 Å². The normalized spacial score (nSPS) is 12.1. The lowest BCUT2D eigenvalue weighted by Gasteiger charge is -2.11. The number of alkyl halides is 3. The topological polar surface area (TPSA) is 84.9 Å². The molecule has 9 heteroatoms. The molecule has 2 aromatic carbocycles. The molecule has 2 aromatic rings. The second-order valence-electron chi connectivity index (χ2n) is 5.34. The number of nitrogens with two attached hydrogens (primary N) is 1. The van der Waals surface area contributed by atoms with Crippen LogP contribution in [0.3, 0.4) is 0 Å². The molecule has 5 nitrogen and oxygen atoms in total. The van der Waals surface area contributed by atoms with Crippen LogP contribution < -0.4 is 10.5 Å². The Bertz CT molecular complexity index is 821. The molecule has 0 unspecified atom stereocenters. The van der Waals surface area contributed by atoms with Crippen molar-refractivity contribution >= 4 is 27.5 Å². The number of amides is 1. The maximum atomic E-state index is 12.5. The van der Waals surface area contributed by atoms with Crippen molar-refractivity contribution in [3.8, 4) is 5.75 Å². The van der Waals surface area contributed by atoms with E-state index in [0.717, 1.165) is 12.1 Å². The lowest BCUT2D eigenvalue weighted by Crippen LogP contribution is -2.25. The van der Waals surface area contributed by atoms with Gasteiger partial charge in [0.15, 0.2) is 0 Å². The Morgan fingerprint density at radius 2 is 1.77 bits per heavy atom. The molecule has 0 aliphatic heterocycles. The Morgan fingerprint density at radius 1 is 1.15 bits per heavy atom. The first-order valence-electron chi connectivity index (χ1n) is 7.29. The molecule has 0 aliphatic rings. The van der Waals surface area contributed by atoms with Crippen molar-refractivity contribution in [1.29, 1.82) is 0 Å². The van der Waals surface area contributed by atoms with E-state index in [-0.39, 0.29) is 18.7 Å². The standard InChI is InChI=1S/C17H14BrF3N2O3/c18-13-7-11(8-14(23-25)16(22)24)3-6-15(13)26-9-10-1-4-12(5-2-10)17(19,20)21/h1-7,25H,8-9H2,(H2,22,24). The van der Waals surface area contributed by atoms with Gasteiger partial charge in [-0.15, -0.1) is 0 Å². The highest BCUT2D eigenvalue weighted by atomic mass is 79.9. The van der Waals surface area contributed by atoms with E-state index in [1.165, 1.54) is 12.1 Å². The quantitative estimate of drug-likeness (QED) is 0.413. The van der Waals surface area contributed by atoms with E-state index in [9.17, 15) is 18.0 Å². The van der Waals surface area contributed by atoms with E-state index in [1.807, 2.05) is 0 Å². The summed E-state index contributed by atoms with van der Waals surface area (Å²) in [4.78, 5) is 11.1. The number of benzene rings is 2. The van der Waals surface area contributed by atoms with E-state index in [1.54, 1.807) is 18.2 Å². The number of hydrogen-bond acceptors (Lipinski definition) is 4. The van der Waals surface area contributed by atoms with Gasteiger partial charge < -0.3 is 15.7 Å². The Balaban J connectivity index is 2.03. The van der Waals surface area contributed by atoms with Crippen LogP contribution in [0.15, 0.2) is 52.1 Å². The van der Waals surface area contributed by atoms with Gasteiger partial charge in [-0.05, 0) is 51.3 Å². The maximum absolute atomic E-state index is 12.5. The van der Waals surface area contributed by atoms with Crippen LogP contribution in [0.4, 0.5) is 13.2 Å². The van der Waals surface area contributed by atoms with Crippen LogP contribution in [0.5, 0.6) is 5.75 Å². The van der Waals surface area contributed by atoms with Gasteiger partial charge in [0, 0.05) is 6.42 Å². The van der Waals surface area contributed by atoms with Crippen molar-refractivity contribution in [3.05, 3.63) is 63.6 Å². The lowest BCUT2D eigenvalue weighted by atomic mass is 10.1. The fourth-order valence-electron chi connectivity index (χ4n) is 2.09. The first kappa shape index (κ1) is 19.8. The number of ether oxygens (including phenoxy) is 1. The van der Waals surface area contributed by atoms with Gasteiger partial charge in [0.05, 0.1) is 10.0 Å². The minimum absolute atomic E-state index is 0.0453. The Kier molecular flexibility index (Phi) is 6.25. The predicted molar refractivity (Wildman–Crippen MR) is 92.0 cm³/mol. The van der Waals surface area contributed by atoms with Gasteiger partial charge in [0.1, 0.15) is 18.1 Å². The first-order chi connectivity index (χ1) is 12.2. The molecule has 26 heavy (non-hydrogen) atoms. The van der Waals surface area contributed by atoms with Crippen molar-refractivity contribution in [2.45, 2.75) is 19.2 Å². The fraction of sp³-hybridized carbons (Fsp3) is 0.176. The first-order valence-corrected chi connectivity index (χ1v) is 8.08. The summed E-state index contributed by atoms with van der Waals surface area (Å²) in [5.41, 5.74) is 5.41. The smallest absolute Gasteiger partial charge is 0.416 e. The average molecular weight is 431 g/mol. The third-order valence-electron chi connectivity index (χ3n) is 3.45. The van der Waals surface area contributed by atoms with E-state index in [4.69, 9.17) is 15.7 Å². The summed E-state index contributed by atoms with van der Waals surface area (Å²) >= 11 is 3.31. The van der Waals surface area contributed by atoms with Crippen LogP contribution in [-0.4, -0.2) is 16.8 Å². The summed E-state index contributed by atoms with van der Waals surface area (Å²) in [6, 6.07) is 9.63. The molecule has 3 N–H and O–H groups in total. The summed E-state index contributed by atoms with van der Waals surface area (Å²) in [6.07, 6.45) is -4.33. The molecule has 0 saturated carbocycles. The molecule has 0 saturated heterocycles. The molecular formula is C17H14BrF3N2O3. The number of oxime groups is 1. The lowest BCUT2D eigenvalue weighted by molar-refractivity contribution is -0.137. The molecule has 0 atom stereocenters. The van der Waals surface area contributed by atoms with Gasteiger partial charge in [-0.25, -0.2) is 0 Å². The highest BCUT2D eigenvalue weighted by Gasteiger charge is 2.29. The van der Waals surface area contributed by atoms with E-state index < -0.39 is 17.6 Å². The molecule has 2 rings (SSSR count). The number of carbonyl (C=O) groups is 1. The SMILES string of the molecule is NC(=O)C(Cc1ccc(OCc2ccc(C(F)(F)F)cc2)c(Br)c1)=NO. The fourth-order valence-corrected chi connectivity index (χ4v) is 2.63. The van der Waals surface area contributed by atoms with Crippen molar-refractivity contribution in [2.24, 2.45) is 10.9 Å². The van der Waals surface area contributed by atoms with Gasteiger partial charge in [-0.1, -0.05) is 23.4 Å². The van der Waals surface area contributed by atoms with E-state index in [2.05, 4.69) is 21.1 Å². The largest absolute Gasteiger partial charge is 0.488 e. The molecule has 0 fully saturated rings. The monoisotopic (exact) mass is 430 g/mol. The van der Waals surface area contributed by atoms with Crippen molar-refractivity contribution < 1.29 is 27.9 Å². The van der Waals surface area contributed by atoms with Gasteiger partial charge in [-0.2, -0.15) is 13.2 Å². The van der Waals surface area contributed by atoms with Crippen LogP contribution >= 0.6 is 15.9 Å². The van der Waals surface area contributed by atoms with Crippen LogP contribution in [0, 0.1) is 0 Å². The van der Waals surface area contributed by atoms with Crippen molar-refractivity contribution in [2.75, 3.05) is 0 Å². The Morgan fingerprint density at radius 3 is 2.27 bits per heavy atom. The summed E-state index contributed by atoms with van der Waals surface area (Å²) in [5.74, 6) is -0.360. The third kappa shape index (κ3) is 5.22. The summed E-state index contributed by atoms with van der Waals surface area (Å²) < 4.78 is 43.8. The highest BCUT2D eigenvalue weighted by molar-refractivity contribution is 9.10. The van der Waals surface area contributed by atoms with Crippen LogP contribution in [-0.2, 0) is 24.0 Å². The zero-order chi connectivity index (χ0) is 19.3. The number of rotatable bonds is 6. The average Bonchev–Trinajstić information content (AvgIpc) is 2.58.